The van der Waals surface area contributed by atoms with Crippen LogP contribution in [0.25, 0.3) is 0 Å². The van der Waals surface area contributed by atoms with Gasteiger partial charge in [-0.25, -0.2) is 4.79 Å². The topological polar surface area (TPSA) is 93.8 Å². The van der Waals surface area contributed by atoms with Gasteiger partial charge in [0.15, 0.2) is 0 Å². The molecule has 2 fully saturated rings. The van der Waals surface area contributed by atoms with E-state index in [1.807, 2.05) is 23.6 Å². The van der Waals surface area contributed by atoms with Gasteiger partial charge in [0.25, 0.3) is 5.91 Å². The van der Waals surface area contributed by atoms with E-state index < -0.39 is 0 Å². The van der Waals surface area contributed by atoms with Gasteiger partial charge in [-0.1, -0.05) is 0 Å². The summed E-state index contributed by atoms with van der Waals surface area (Å²) in [6.45, 7) is 6.93. The Balaban J connectivity index is 0.00000300. The highest BCUT2D eigenvalue weighted by Gasteiger charge is 2.31. The van der Waals surface area contributed by atoms with Crippen LogP contribution in [-0.2, 0) is 4.79 Å². The number of benzene rings is 1. The Morgan fingerprint density at radius 2 is 1.90 bits per heavy atom. The zero-order valence-corrected chi connectivity index (χ0v) is 17.8. The van der Waals surface area contributed by atoms with Gasteiger partial charge in [0.1, 0.15) is 0 Å². The number of anilines is 1. The molecule has 2 heterocycles. The van der Waals surface area contributed by atoms with Crippen LogP contribution >= 0.6 is 12.4 Å². The molecule has 9 heteroatoms. The number of carbonyl (C=O) groups is 3. The van der Waals surface area contributed by atoms with Crippen LogP contribution in [-0.4, -0.2) is 72.5 Å². The van der Waals surface area contributed by atoms with Crippen molar-refractivity contribution in [1.29, 1.82) is 0 Å². The zero-order chi connectivity index (χ0) is 20.1. The van der Waals surface area contributed by atoms with Crippen molar-refractivity contribution in [3.63, 3.8) is 0 Å². The second-order valence-corrected chi connectivity index (χ2v) is 7.64. The molecule has 3 N–H and O–H groups in total. The summed E-state index contributed by atoms with van der Waals surface area (Å²) in [7, 11) is 0. The number of rotatable bonds is 4. The Morgan fingerprint density at radius 3 is 2.55 bits per heavy atom. The lowest BCUT2D eigenvalue weighted by Crippen LogP contribution is -2.57. The number of carbonyl (C=O) groups excluding carboxylic acids is 3. The van der Waals surface area contributed by atoms with Crippen LogP contribution < -0.4 is 16.0 Å². The molecule has 8 nitrogen and oxygen atoms in total. The van der Waals surface area contributed by atoms with E-state index in [9.17, 15) is 14.4 Å². The minimum atomic E-state index is -0.270. The second kappa shape index (κ2) is 10.5. The number of piperidine rings is 1. The number of urea groups is 1. The standard InChI is InChI=1S/C20H29N5O3.ClH/c1-14(2)22-20(28)23-16-7-5-15(6-8-16)19(27)24-10-3-4-17(13-24)25-11-9-21-12-18(25)26;/h5-8,14,17,21H,3-4,9-13H2,1-2H3,(H2,22,23,28);1H. The first kappa shape index (κ1) is 23.0. The highest BCUT2D eigenvalue weighted by molar-refractivity contribution is 5.95. The Bertz CT molecular complexity index is 725. The summed E-state index contributed by atoms with van der Waals surface area (Å²) in [5.74, 6) is 0.0751. The highest BCUT2D eigenvalue weighted by atomic mass is 35.5. The lowest BCUT2D eigenvalue weighted by atomic mass is 10.0. The summed E-state index contributed by atoms with van der Waals surface area (Å²) >= 11 is 0. The number of nitrogens with one attached hydrogen (secondary N) is 3. The van der Waals surface area contributed by atoms with Gasteiger partial charge in [-0.05, 0) is 51.0 Å². The Labute approximate surface area is 177 Å². The first-order valence-corrected chi connectivity index (χ1v) is 9.91. The maximum absolute atomic E-state index is 12.9. The SMILES string of the molecule is CC(C)NC(=O)Nc1ccc(C(=O)N2CCCC(N3CCNCC3=O)C2)cc1.Cl. The summed E-state index contributed by atoms with van der Waals surface area (Å²) in [6, 6.07) is 6.79. The van der Waals surface area contributed by atoms with Crippen LogP contribution in [0.15, 0.2) is 24.3 Å². The Hall–Kier alpha value is -2.32. The van der Waals surface area contributed by atoms with Crippen LogP contribution in [0.2, 0.25) is 0 Å². The molecule has 0 bridgehead atoms. The third-order valence-electron chi connectivity index (χ3n) is 5.06. The van der Waals surface area contributed by atoms with Gasteiger partial charge in [-0.15, -0.1) is 12.4 Å². The van der Waals surface area contributed by atoms with Crippen molar-refractivity contribution < 1.29 is 14.4 Å². The first-order chi connectivity index (χ1) is 13.4. The molecule has 4 amide bonds. The number of nitrogens with zero attached hydrogens (tertiary/aromatic N) is 2. The second-order valence-electron chi connectivity index (χ2n) is 7.64. The van der Waals surface area contributed by atoms with Crippen molar-refractivity contribution in [2.24, 2.45) is 0 Å². The molecule has 0 aliphatic carbocycles. The van der Waals surface area contributed by atoms with Gasteiger partial charge in [-0.3, -0.25) is 9.59 Å². The maximum Gasteiger partial charge on any atom is 0.319 e. The molecule has 2 aliphatic rings. The molecule has 3 rings (SSSR count). The monoisotopic (exact) mass is 423 g/mol. The number of halogens is 1. The van der Waals surface area contributed by atoms with Crippen molar-refractivity contribution in [2.75, 3.05) is 38.0 Å². The van der Waals surface area contributed by atoms with Gasteiger partial charge in [-0.2, -0.15) is 0 Å². The average Bonchev–Trinajstić information content (AvgIpc) is 2.68. The summed E-state index contributed by atoms with van der Waals surface area (Å²) in [6.07, 6.45) is 1.83. The Morgan fingerprint density at radius 1 is 1.17 bits per heavy atom. The fourth-order valence-electron chi connectivity index (χ4n) is 3.71. The number of piperazine rings is 1. The minimum Gasteiger partial charge on any atom is -0.337 e. The van der Waals surface area contributed by atoms with Crippen molar-refractivity contribution in [3.8, 4) is 0 Å². The number of hydrogen-bond acceptors (Lipinski definition) is 4. The van der Waals surface area contributed by atoms with Gasteiger partial charge < -0.3 is 25.8 Å². The molecule has 0 spiro atoms. The van der Waals surface area contributed by atoms with Gasteiger partial charge >= 0.3 is 6.03 Å². The zero-order valence-electron chi connectivity index (χ0n) is 16.9. The summed E-state index contributed by atoms with van der Waals surface area (Å²) in [5, 5.41) is 8.59. The average molecular weight is 424 g/mol. The van der Waals surface area contributed by atoms with Crippen LogP contribution in [0.3, 0.4) is 0 Å². The molecule has 0 radical (unpaired) electrons. The fourth-order valence-corrected chi connectivity index (χ4v) is 3.71. The number of hydrogen-bond donors (Lipinski definition) is 3. The molecule has 1 aromatic rings. The summed E-state index contributed by atoms with van der Waals surface area (Å²) < 4.78 is 0. The lowest BCUT2D eigenvalue weighted by molar-refractivity contribution is -0.135. The van der Waals surface area contributed by atoms with E-state index in [0.717, 1.165) is 19.4 Å². The van der Waals surface area contributed by atoms with Crippen molar-refractivity contribution in [3.05, 3.63) is 29.8 Å². The molecule has 160 valence electrons. The van der Waals surface area contributed by atoms with Crippen LogP contribution in [0, 0.1) is 0 Å². The van der Waals surface area contributed by atoms with Crippen molar-refractivity contribution >= 4 is 35.9 Å². The normalized spacial score (nSPS) is 19.6. The van der Waals surface area contributed by atoms with Crippen LogP contribution in [0.4, 0.5) is 10.5 Å². The van der Waals surface area contributed by atoms with Gasteiger partial charge in [0, 0.05) is 49.5 Å². The largest absolute Gasteiger partial charge is 0.337 e. The first-order valence-electron chi connectivity index (χ1n) is 9.91. The Kier molecular flexibility index (Phi) is 8.28. The number of amides is 4. The van der Waals surface area contributed by atoms with Crippen LogP contribution in [0.1, 0.15) is 37.0 Å². The van der Waals surface area contributed by atoms with E-state index in [1.54, 1.807) is 24.3 Å². The smallest absolute Gasteiger partial charge is 0.319 e. The summed E-state index contributed by atoms with van der Waals surface area (Å²) in [4.78, 5) is 40.6. The van der Waals surface area contributed by atoms with E-state index in [1.165, 1.54) is 0 Å². The highest BCUT2D eigenvalue weighted by Crippen LogP contribution is 2.20. The molecule has 1 aromatic carbocycles. The molecule has 1 unspecified atom stereocenters. The predicted molar refractivity (Wildman–Crippen MR) is 114 cm³/mol. The van der Waals surface area contributed by atoms with E-state index >= 15 is 0 Å². The van der Waals surface area contributed by atoms with Crippen molar-refractivity contribution in [1.82, 2.24) is 20.4 Å². The molecule has 2 saturated heterocycles. The molecular formula is C20H30ClN5O3. The van der Waals surface area contributed by atoms with Gasteiger partial charge in [0.2, 0.25) is 5.91 Å². The lowest BCUT2D eigenvalue weighted by Gasteiger charge is -2.41. The molecule has 0 aromatic heterocycles. The van der Waals surface area contributed by atoms with E-state index in [4.69, 9.17) is 0 Å². The van der Waals surface area contributed by atoms with E-state index in [2.05, 4.69) is 16.0 Å². The molecule has 2 aliphatic heterocycles. The van der Waals surface area contributed by atoms with Crippen molar-refractivity contribution in [2.45, 2.75) is 38.8 Å². The third-order valence-corrected chi connectivity index (χ3v) is 5.06. The van der Waals surface area contributed by atoms with E-state index in [-0.39, 0.29) is 42.3 Å². The maximum atomic E-state index is 12.9. The molecule has 0 saturated carbocycles. The predicted octanol–water partition coefficient (Wildman–Crippen LogP) is 1.67. The van der Waals surface area contributed by atoms with Gasteiger partial charge in [0.05, 0.1) is 6.54 Å². The van der Waals surface area contributed by atoms with E-state index in [0.29, 0.717) is 37.4 Å². The third kappa shape index (κ3) is 6.08. The minimum absolute atomic E-state index is 0. The number of likely N-dealkylation sites (tertiary alicyclic amines) is 1. The fraction of sp³-hybridized carbons (Fsp3) is 0.550. The molecule has 29 heavy (non-hydrogen) atoms. The molecular weight excluding hydrogens is 394 g/mol. The summed E-state index contributed by atoms with van der Waals surface area (Å²) in [5.41, 5.74) is 1.22. The van der Waals surface area contributed by atoms with Crippen LogP contribution in [0.5, 0.6) is 0 Å². The quantitative estimate of drug-likeness (QED) is 0.686. The molecule has 1 atom stereocenters.